The Morgan fingerprint density at radius 2 is 1.60 bits per heavy atom. The van der Waals surface area contributed by atoms with Crippen molar-refractivity contribution >= 4 is 44.9 Å². The van der Waals surface area contributed by atoms with Crippen LogP contribution < -0.4 is 5.43 Å². The van der Waals surface area contributed by atoms with Gasteiger partial charge in [0, 0.05) is 17.7 Å². The van der Waals surface area contributed by atoms with Gasteiger partial charge in [-0.05, 0) is 28.1 Å². The highest BCUT2D eigenvalue weighted by Gasteiger charge is 2.19. The van der Waals surface area contributed by atoms with Gasteiger partial charge in [0.15, 0.2) is 0 Å². The van der Waals surface area contributed by atoms with Gasteiger partial charge in [-0.15, -0.1) is 0 Å². The van der Waals surface area contributed by atoms with Crippen molar-refractivity contribution < 1.29 is 14.8 Å². The molecule has 0 amide bonds. The van der Waals surface area contributed by atoms with Crippen molar-refractivity contribution in [3.63, 3.8) is 0 Å². The Morgan fingerprint density at radius 3 is 2.20 bits per heavy atom. The molecule has 12 heteroatoms. The van der Waals surface area contributed by atoms with Crippen molar-refractivity contribution in [2.75, 3.05) is 5.43 Å². The number of halogens is 1. The van der Waals surface area contributed by atoms with E-state index in [-0.39, 0.29) is 11.4 Å². The number of anilines is 1. The molecule has 0 aliphatic rings. The van der Waals surface area contributed by atoms with Crippen LogP contribution in [0.15, 0.2) is 46.0 Å². The molecular formula is C13H8BrN5O6. The molecule has 0 bridgehead atoms. The van der Waals surface area contributed by atoms with Gasteiger partial charge in [0.2, 0.25) is 0 Å². The number of nitrogens with one attached hydrogen (secondary N) is 1. The van der Waals surface area contributed by atoms with Gasteiger partial charge in [-0.3, -0.25) is 35.8 Å². The van der Waals surface area contributed by atoms with Crippen LogP contribution in [0.2, 0.25) is 0 Å². The first-order chi connectivity index (χ1) is 11.8. The van der Waals surface area contributed by atoms with Crippen molar-refractivity contribution in [2.24, 2.45) is 5.10 Å². The lowest BCUT2D eigenvalue weighted by Crippen LogP contribution is -1.99. The quantitative estimate of drug-likeness (QED) is 0.433. The third kappa shape index (κ3) is 4.32. The molecule has 128 valence electrons. The van der Waals surface area contributed by atoms with Crippen LogP contribution in [-0.4, -0.2) is 21.0 Å². The van der Waals surface area contributed by atoms with E-state index in [4.69, 9.17) is 0 Å². The highest BCUT2D eigenvalue weighted by atomic mass is 79.9. The van der Waals surface area contributed by atoms with E-state index in [0.29, 0.717) is 10.0 Å². The molecular weight excluding hydrogens is 402 g/mol. The summed E-state index contributed by atoms with van der Waals surface area (Å²) < 4.78 is 0.300. The molecule has 2 aromatic carbocycles. The number of hydrazone groups is 1. The summed E-state index contributed by atoms with van der Waals surface area (Å²) in [5.41, 5.74) is 1.61. The first kappa shape index (κ1) is 17.9. The summed E-state index contributed by atoms with van der Waals surface area (Å²) in [6.07, 6.45) is 1.23. The zero-order valence-electron chi connectivity index (χ0n) is 12.2. The molecule has 11 nitrogen and oxygen atoms in total. The van der Waals surface area contributed by atoms with Gasteiger partial charge in [0.1, 0.15) is 5.69 Å². The Morgan fingerprint density at radius 1 is 0.920 bits per heavy atom. The van der Waals surface area contributed by atoms with Crippen LogP contribution in [0.1, 0.15) is 5.56 Å². The van der Waals surface area contributed by atoms with Gasteiger partial charge < -0.3 is 0 Å². The molecule has 0 radical (unpaired) electrons. The average molecular weight is 410 g/mol. The summed E-state index contributed by atoms with van der Waals surface area (Å²) in [6.45, 7) is 0. The lowest BCUT2D eigenvalue weighted by atomic mass is 10.2. The Balaban J connectivity index is 2.25. The van der Waals surface area contributed by atoms with E-state index in [1.807, 2.05) is 0 Å². The largest absolute Gasteiger partial charge is 0.301 e. The maximum absolute atomic E-state index is 11.0. The van der Waals surface area contributed by atoms with Crippen molar-refractivity contribution in [1.82, 2.24) is 0 Å². The standard InChI is InChI=1S/C13H8BrN5O6/c14-10-3-1-8(5-12(10)18(22)23)7-15-16-11-4-2-9(17(20)21)6-13(11)19(24)25/h1-7,16H/b15-7+. The summed E-state index contributed by atoms with van der Waals surface area (Å²) >= 11 is 3.05. The molecule has 0 fully saturated rings. The molecule has 0 spiro atoms. The van der Waals surface area contributed by atoms with Gasteiger partial charge in [0.05, 0.1) is 31.5 Å². The summed E-state index contributed by atoms with van der Waals surface area (Å²) in [6, 6.07) is 7.33. The molecule has 0 heterocycles. The van der Waals surface area contributed by atoms with E-state index in [9.17, 15) is 30.3 Å². The second-order valence-corrected chi connectivity index (χ2v) is 5.41. The summed E-state index contributed by atoms with van der Waals surface area (Å²) in [7, 11) is 0. The molecule has 1 N–H and O–H groups in total. The van der Waals surface area contributed by atoms with Crippen LogP contribution in [-0.2, 0) is 0 Å². The van der Waals surface area contributed by atoms with Crippen LogP contribution >= 0.6 is 15.9 Å². The highest BCUT2D eigenvalue weighted by molar-refractivity contribution is 9.10. The number of nitro benzene ring substituents is 3. The number of non-ortho nitro benzene ring substituents is 1. The molecule has 0 aliphatic heterocycles. The number of rotatable bonds is 6. The minimum absolute atomic E-state index is 0.0570. The topological polar surface area (TPSA) is 154 Å². The molecule has 0 saturated carbocycles. The molecule has 0 unspecified atom stereocenters. The second kappa shape index (κ2) is 7.44. The molecule has 0 aliphatic carbocycles. The van der Waals surface area contributed by atoms with E-state index >= 15 is 0 Å². The van der Waals surface area contributed by atoms with Gasteiger partial charge in [0.25, 0.3) is 11.4 Å². The zero-order valence-corrected chi connectivity index (χ0v) is 13.7. The van der Waals surface area contributed by atoms with Crippen molar-refractivity contribution in [2.45, 2.75) is 0 Å². The predicted octanol–water partition coefficient (Wildman–Crippen LogP) is 3.62. The van der Waals surface area contributed by atoms with Crippen LogP contribution in [0.4, 0.5) is 22.7 Å². The molecule has 25 heavy (non-hydrogen) atoms. The van der Waals surface area contributed by atoms with Gasteiger partial charge in [-0.2, -0.15) is 5.10 Å². The van der Waals surface area contributed by atoms with E-state index in [1.165, 1.54) is 18.3 Å². The van der Waals surface area contributed by atoms with Crippen molar-refractivity contribution in [3.05, 3.63) is 76.8 Å². The van der Waals surface area contributed by atoms with Crippen LogP contribution in [0.3, 0.4) is 0 Å². The van der Waals surface area contributed by atoms with Crippen LogP contribution in [0.5, 0.6) is 0 Å². The Labute approximate surface area is 147 Å². The summed E-state index contributed by atoms with van der Waals surface area (Å²) in [4.78, 5) is 30.4. The third-order valence-corrected chi connectivity index (χ3v) is 3.62. The molecule has 2 rings (SSSR count). The molecule has 2 aromatic rings. The number of nitro groups is 3. The zero-order chi connectivity index (χ0) is 18.6. The fourth-order valence-corrected chi connectivity index (χ4v) is 2.20. The maximum atomic E-state index is 11.0. The van der Waals surface area contributed by atoms with E-state index in [0.717, 1.165) is 18.2 Å². The average Bonchev–Trinajstić information content (AvgIpc) is 2.55. The third-order valence-electron chi connectivity index (χ3n) is 2.95. The first-order valence-electron chi connectivity index (χ1n) is 6.45. The normalized spacial score (nSPS) is 10.6. The molecule has 0 saturated heterocycles. The fourth-order valence-electron chi connectivity index (χ4n) is 1.81. The minimum Gasteiger partial charge on any atom is -0.272 e. The smallest absolute Gasteiger partial charge is 0.272 e. The summed E-state index contributed by atoms with van der Waals surface area (Å²) in [5, 5.41) is 36.3. The monoisotopic (exact) mass is 409 g/mol. The van der Waals surface area contributed by atoms with E-state index in [1.54, 1.807) is 6.07 Å². The van der Waals surface area contributed by atoms with Gasteiger partial charge in [-0.1, -0.05) is 6.07 Å². The lowest BCUT2D eigenvalue weighted by molar-refractivity contribution is -0.393. The Hall–Kier alpha value is -3.41. The van der Waals surface area contributed by atoms with Crippen molar-refractivity contribution in [3.8, 4) is 0 Å². The highest BCUT2D eigenvalue weighted by Crippen LogP contribution is 2.29. The number of hydrogen-bond acceptors (Lipinski definition) is 8. The maximum Gasteiger partial charge on any atom is 0.301 e. The SMILES string of the molecule is O=[N+]([O-])c1ccc(N/N=C/c2ccc(Br)c([N+](=O)[O-])c2)c([N+](=O)[O-])c1. The van der Waals surface area contributed by atoms with Crippen LogP contribution in [0.25, 0.3) is 0 Å². The Kier molecular flexibility index (Phi) is 5.34. The first-order valence-corrected chi connectivity index (χ1v) is 7.24. The Bertz CT molecular complexity index is 900. The number of nitrogens with zero attached hydrogens (tertiary/aromatic N) is 4. The summed E-state index contributed by atoms with van der Waals surface area (Å²) in [5.74, 6) is 0. The van der Waals surface area contributed by atoms with Gasteiger partial charge in [-0.25, -0.2) is 0 Å². The molecule has 0 atom stereocenters. The predicted molar refractivity (Wildman–Crippen MR) is 91.8 cm³/mol. The van der Waals surface area contributed by atoms with E-state index in [2.05, 4.69) is 26.5 Å². The fraction of sp³-hybridized carbons (Fsp3) is 0. The second-order valence-electron chi connectivity index (χ2n) is 4.55. The van der Waals surface area contributed by atoms with Crippen LogP contribution in [0, 0.1) is 30.3 Å². The molecule has 0 aromatic heterocycles. The number of hydrogen-bond donors (Lipinski definition) is 1. The minimum atomic E-state index is -0.782. The van der Waals surface area contributed by atoms with Crippen molar-refractivity contribution in [1.29, 1.82) is 0 Å². The van der Waals surface area contributed by atoms with E-state index < -0.39 is 26.1 Å². The number of benzene rings is 2. The lowest BCUT2D eigenvalue weighted by Gasteiger charge is -2.02. The van der Waals surface area contributed by atoms with Gasteiger partial charge >= 0.3 is 5.69 Å².